The quantitative estimate of drug-likeness (QED) is 0.464. The number of carbonyl (C=O) groups is 1. The molecule has 0 radical (unpaired) electrons. The molecule has 1 rings (SSSR count). The van der Waals surface area contributed by atoms with Crippen molar-refractivity contribution in [1.82, 2.24) is 0 Å². The van der Waals surface area contributed by atoms with Crippen LogP contribution in [0, 0.1) is 11.8 Å². The molecule has 3 heteroatoms. The Morgan fingerprint density at radius 1 is 1.45 bits per heavy atom. The van der Waals surface area contributed by atoms with Gasteiger partial charge in [0.2, 0.25) is 5.24 Å². The Morgan fingerprint density at radius 3 is 2.55 bits per heavy atom. The van der Waals surface area contributed by atoms with E-state index in [4.69, 9.17) is 23.2 Å². The van der Waals surface area contributed by atoms with Crippen LogP contribution in [0.3, 0.4) is 0 Å². The molecule has 1 aliphatic carbocycles. The molecule has 0 heterocycles. The molecule has 0 amide bonds. The number of rotatable bonds is 1. The van der Waals surface area contributed by atoms with E-state index in [9.17, 15) is 4.79 Å². The van der Waals surface area contributed by atoms with Crippen molar-refractivity contribution in [2.45, 2.75) is 31.6 Å². The van der Waals surface area contributed by atoms with Crippen molar-refractivity contribution in [3.8, 4) is 0 Å². The average molecular weight is 195 g/mol. The lowest BCUT2D eigenvalue weighted by atomic mass is 9.81. The zero-order valence-corrected chi connectivity index (χ0v) is 8.03. The van der Waals surface area contributed by atoms with Gasteiger partial charge in [-0.15, -0.1) is 11.6 Å². The van der Waals surface area contributed by atoms with Crippen molar-refractivity contribution >= 4 is 28.4 Å². The molecule has 64 valence electrons. The number of alkyl halides is 1. The first kappa shape index (κ1) is 9.34. The summed E-state index contributed by atoms with van der Waals surface area (Å²) in [6.45, 7) is 2.06. The Morgan fingerprint density at radius 2 is 2.09 bits per heavy atom. The van der Waals surface area contributed by atoms with Gasteiger partial charge in [-0.05, 0) is 36.8 Å². The van der Waals surface area contributed by atoms with Crippen LogP contribution in [0.15, 0.2) is 0 Å². The van der Waals surface area contributed by atoms with Gasteiger partial charge in [0.15, 0.2) is 0 Å². The molecular weight excluding hydrogens is 183 g/mol. The topological polar surface area (TPSA) is 17.1 Å². The van der Waals surface area contributed by atoms with E-state index < -0.39 is 0 Å². The number of carbonyl (C=O) groups excluding carboxylic acids is 1. The van der Waals surface area contributed by atoms with Gasteiger partial charge in [-0.1, -0.05) is 6.92 Å². The van der Waals surface area contributed by atoms with Gasteiger partial charge in [0.1, 0.15) is 0 Å². The average Bonchev–Trinajstić information content (AvgIpc) is 1.94. The molecule has 0 N–H and O–H groups in total. The van der Waals surface area contributed by atoms with Crippen molar-refractivity contribution in [2.24, 2.45) is 11.8 Å². The van der Waals surface area contributed by atoms with E-state index >= 15 is 0 Å². The first-order valence-corrected chi connectivity index (χ1v) is 4.76. The first-order chi connectivity index (χ1) is 5.11. The summed E-state index contributed by atoms with van der Waals surface area (Å²) in [5.41, 5.74) is 0. The fraction of sp³-hybridized carbons (Fsp3) is 0.875. The van der Waals surface area contributed by atoms with E-state index in [1.807, 2.05) is 0 Å². The number of hydrogen-bond donors (Lipinski definition) is 0. The second-order valence-electron chi connectivity index (χ2n) is 3.30. The molecule has 0 saturated heterocycles. The Labute approximate surface area is 77.1 Å². The van der Waals surface area contributed by atoms with Gasteiger partial charge < -0.3 is 0 Å². The van der Waals surface area contributed by atoms with Gasteiger partial charge in [0, 0.05) is 11.3 Å². The number of hydrogen-bond acceptors (Lipinski definition) is 1. The van der Waals surface area contributed by atoms with Crippen LogP contribution in [0.1, 0.15) is 26.2 Å². The third-order valence-corrected chi connectivity index (χ3v) is 3.10. The smallest absolute Gasteiger partial charge is 0.225 e. The first-order valence-electron chi connectivity index (χ1n) is 3.94. The zero-order chi connectivity index (χ0) is 8.43. The Kier molecular flexibility index (Phi) is 3.20. The van der Waals surface area contributed by atoms with Crippen LogP contribution >= 0.6 is 23.2 Å². The summed E-state index contributed by atoms with van der Waals surface area (Å²) in [5.74, 6) is 0.405. The van der Waals surface area contributed by atoms with Gasteiger partial charge >= 0.3 is 0 Å². The van der Waals surface area contributed by atoms with Gasteiger partial charge in [0.25, 0.3) is 0 Å². The highest BCUT2D eigenvalue weighted by molar-refractivity contribution is 6.64. The summed E-state index contributed by atoms with van der Waals surface area (Å²) in [6, 6.07) is 0. The fourth-order valence-electron chi connectivity index (χ4n) is 1.59. The van der Waals surface area contributed by atoms with Crippen molar-refractivity contribution in [3.63, 3.8) is 0 Å². The Balaban J connectivity index is 2.54. The molecule has 11 heavy (non-hydrogen) atoms. The third-order valence-electron chi connectivity index (χ3n) is 2.42. The van der Waals surface area contributed by atoms with Crippen LogP contribution in [-0.2, 0) is 4.79 Å². The molecule has 3 atom stereocenters. The lowest BCUT2D eigenvalue weighted by Crippen LogP contribution is -2.27. The van der Waals surface area contributed by atoms with Crippen LogP contribution in [0.5, 0.6) is 0 Å². The predicted molar refractivity (Wildman–Crippen MR) is 47.0 cm³/mol. The SMILES string of the molecule is C[C@H]1CC[C@@H](Cl)C[C@@H]1C(=O)Cl. The molecule has 0 aliphatic heterocycles. The van der Waals surface area contributed by atoms with E-state index in [0.717, 1.165) is 19.3 Å². The summed E-state index contributed by atoms with van der Waals surface area (Å²) in [4.78, 5) is 10.9. The second-order valence-corrected chi connectivity index (χ2v) is 4.29. The molecule has 1 saturated carbocycles. The Hall–Kier alpha value is 0.250. The van der Waals surface area contributed by atoms with E-state index in [2.05, 4.69) is 6.92 Å². The van der Waals surface area contributed by atoms with Crippen molar-refractivity contribution in [2.75, 3.05) is 0 Å². The van der Waals surface area contributed by atoms with Crippen molar-refractivity contribution in [3.05, 3.63) is 0 Å². The van der Waals surface area contributed by atoms with Crippen molar-refractivity contribution < 1.29 is 4.79 Å². The largest absolute Gasteiger partial charge is 0.281 e. The number of halogens is 2. The van der Waals surface area contributed by atoms with Gasteiger partial charge in [-0.2, -0.15) is 0 Å². The maximum absolute atomic E-state index is 10.9. The molecule has 0 bridgehead atoms. The molecule has 0 aromatic rings. The normalized spacial score (nSPS) is 38.6. The monoisotopic (exact) mass is 194 g/mol. The lowest BCUT2D eigenvalue weighted by Gasteiger charge is -2.28. The lowest BCUT2D eigenvalue weighted by molar-refractivity contribution is -0.117. The molecule has 1 aliphatic rings. The molecule has 0 unspecified atom stereocenters. The highest BCUT2D eigenvalue weighted by atomic mass is 35.5. The highest BCUT2D eigenvalue weighted by Crippen LogP contribution is 2.33. The fourth-order valence-corrected chi connectivity index (χ4v) is 2.21. The molecule has 1 fully saturated rings. The van der Waals surface area contributed by atoms with Gasteiger partial charge in [-0.3, -0.25) is 4.79 Å². The van der Waals surface area contributed by atoms with Crippen LogP contribution < -0.4 is 0 Å². The van der Waals surface area contributed by atoms with E-state index in [0.29, 0.717) is 5.92 Å². The Bertz CT molecular complexity index is 158. The summed E-state index contributed by atoms with van der Waals surface area (Å²) < 4.78 is 0. The van der Waals surface area contributed by atoms with Gasteiger partial charge in [0.05, 0.1) is 0 Å². The third kappa shape index (κ3) is 2.34. The molecular formula is C8H12Cl2O. The molecule has 0 aromatic heterocycles. The maximum atomic E-state index is 10.9. The van der Waals surface area contributed by atoms with E-state index in [1.165, 1.54) is 0 Å². The predicted octanol–water partition coefficient (Wildman–Crippen LogP) is 2.80. The summed E-state index contributed by atoms with van der Waals surface area (Å²) in [7, 11) is 0. The minimum Gasteiger partial charge on any atom is -0.281 e. The van der Waals surface area contributed by atoms with Crippen LogP contribution in [-0.4, -0.2) is 10.6 Å². The van der Waals surface area contributed by atoms with Crippen LogP contribution in [0.25, 0.3) is 0 Å². The molecule has 0 spiro atoms. The summed E-state index contributed by atoms with van der Waals surface area (Å²) in [6.07, 6.45) is 2.80. The highest BCUT2D eigenvalue weighted by Gasteiger charge is 2.30. The summed E-state index contributed by atoms with van der Waals surface area (Å²) in [5, 5.41) is -0.0678. The molecule has 1 nitrogen and oxygen atoms in total. The van der Waals surface area contributed by atoms with Crippen molar-refractivity contribution in [1.29, 1.82) is 0 Å². The van der Waals surface area contributed by atoms with Crippen LogP contribution in [0.4, 0.5) is 0 Å². The molecule has 0 aromatic carbocycles. The summed E-state index contributed by atoms with van der Waals surface area (Å²) >= 11 is 11.3. The van der Waals surface area contributed by atoms with Crippen LogP contribution in [0.2, 0.25) is 0 Å². The second kappa shape index (κ2) is 3.77. The maximum Gasteiger partial charge on any atom is 0.225 e. The minimum atomic E-state index is -0.220. The van der Waals surface area contributed by atoms with E-state index in [-0.39, 0.29) is 16.5 Å². The minimum absolute atomic E-state index is 0.00656. The van der Waals surface area contributed by atoms with E-state index in [1.54, 1.807) is 0 Å². The zero-order valence-electron chi connectivity index (χ0n) is 6.52. The standard InChI is InChI=1S/C8H12Cl2O/c1-5-2-3-6(9)4-7(5)8(10)11/h5-7H,2-4H2,1H3/t5-,6+,7-/m0/s1. The van der Waals surface area contributed by atoms with Gasteiger partial charge in [-0.25, -0.2) is 0 Å².